The van der Waals surface area contributed by atoms with Crippen LogP contribution < -0.4 is 0 Å². The molecule has 0 aromatic heterocycles. The third-order valence-electron chi connectivity index (χ3n) is 3.47. The van der Waals surface area contributed by atoms with Crippen molar-refractivity contribution in [1.82, 2.24) is 0 Å². The molecule has 0 spiro atoms. The van der Waals surface area contributed by atoms with Crippen LogP contribution in [0.25, 0.3) is 0 Å². The van der Waals surface area contributed by atoms with Crippen molar-refractivity contribution >= 4 is 11.9 Å². The highest BCUT2D eigenvalue weighted by Crippen LogP contribution is 2.31. The van der Waals surface area contributed by atoms with Crippen molar-refractivity contribution in [3.05, 3.63) is 0 Å². The third kappa shape index (κ3) is 5.71. The van der Waals surface area contributed by atoms with E-state index in [0.29, 0.717) is 24.9 Å². The number of hydrogen-bond acceptors (Lipinski definition) is 4. The first-order chi connectivity index (χ1) is 8.11. The fraction of sp³-hybridized carbons (Fsp3) is 0.846. The Bertz CT molecular complexity index is 254. The second-order valence-electron chi connectivity index (χ2n) is 4.80. The highest BCUT2D eigenvalue weighted by Gasteiger charge is 2.22. The first kappa shape index (κ1) is 14.0. The minimum absolute atomic E-state index is 0.118. The molecule has 0 aliphatic heterocycles. The van der Waals surface area contributed by atoms with E-state index in [1.54, 1.807) is 0 Å². The molecule has 0 radical (unpaired) electrons. The van der Waals surface area contributed by atoms with Crippen LogP contribution in [0.3, 0.4) is 0 Å². The first-order valence-electron chi connectivity index (χ1n) is 6.32. The van der Waals surface area contributed by atoms with Crippen LogP contribution in [0, 0.1) is 11.8 Å². The molecule has 4 heteroatoms. The van der Waals surface area contributed by atoms with Gasteiger partial charge in [-0.3, -0.25) is 9.59 Å². The Morgan fingerprint density at radius 3 is 2.24 bits per heavy atom. The molecule has 1 aliphatic rings. The Morgan fingerprint density at radius 2 is 1.71 bits per heavy atom. The Morgan fingerprint density at radius 1 is 1.12 bits per heavy atom. The van der Waals surface area contributed by atoms with Crippen molar-refractivity contribution < 1.29 is 19.1 Å². The molecular weight excluding hydrogens is 220 g/mol. The molecular formula is C13H22O4. The molecule has 0 amide bonds. The van der Waals surface area contributed by atoms with Crippen molar-refractivity contribution in [2.75, 3.05) is 13.7 Å². The van der Waals surface area contributed by atoms with Gasteiger partial charge in [0.25, 0.3) is 0 Å². The molecule has 4 nitrogen and oxygen atoms in total. The van der Waals surface area contributed by atoms with E-state index in [4.69, 9.17) is 4.74 Å². The summed E-state index contributed by atoms with van der Waals surface area (Å²) < 4.78 is 9.65. The molecule has 0 atom stereocenters. The number of esters is 2. The highest BCUT2D eigenvalue weighted by atomic mass is 16.5. The van der Waals surface area contributed by atoms with E-state index in [-0.39, 0.29) is 11.9 Å². The summed E-state index contributed by atoms with van der Waals surface area (Å²) in [7, 11) is 1.43. The van der Waals surface area contributed by atoms with Gasteiger partial charge in [0.15, 0.2) is 0 Å². The highest BCUT2D eigenvalue weighted by molar-refractivity contribution is 5.69. The average molecular weight is 242 g/mol. The first-order valence-corrected chi connectivity index (χ1v) is 6.32. The zero-order chi connectivity index (χ0) is 12.7. The van der Waals surface area contributed by atoms with Crippen LogP contribution in [0.2, 0.25) is 0 Å². The SMILES string of the molecule is COC(=O)CCC1CCC(COC(C)=O)CC1. The maximum absolute atomic E-state index is 11.0. The predicted molar refractivity (Wildman–Crippen MR) is 63.3 cm³/mol. The lowest BCUT2D eigenvalue weighted by atomic mass is 9.80. The van der Waals surface area contributed by atoms with Crippen molar-refractivity contribution in [3.63, 3.8) is 0 Å². The molecule has 1 fully saturated rings. The van der Waals surface area contributed by atoms with Crippen molar-refractivity contribution in [2.45, 2.75) is 45.4 Å². The van der Waals surface area contributed by atoms with E-state index in [1.807, 2.05) is 0 Å². The van der Waals surface area contributed by atoms with Crippen molar-refractivity contribution in [3.8, 4) is 0 Å². The summed E-state index contributed by atoms with van der Waals surface area (Å²) in [4.78, 5) is 21.7. The fourth-order valence-corrected chi connectivity index (χ4v) is 2.35. The van der Waals surface area contributed by atoms with Gasteiger partial charge in [-0.25, -0.2) is 0 Å². The van der Waals surface area contributed by atoms with Crippen LogP contribution in [0.15, 0.2) is 0 Å². The summed E-state index contributed by atoms with van der Waals surface area (Å²) in [6.07, 6.45) is 5.90. The lowest BCUT2D eigenvalue weighted by Gasteiger charge is -2.27. The summed E-state index contributed by atoms with van der Waals surface area (Å²) >= 11 is 0. The largest absolute Gasteiger partial charge is 0.469 e. The Balaban J connectivity index is 2.13. The van der Waals surface area contributed by atoms with Gasteiger partial charge in [-0.2, -0.15) is 0 Å². The maximum Gasteiger partial charge on any atom is 0.305 e. The lowest BCUT2D eigenvalue weighted by molar-refractivity contribution is -0.143. The molecule has 98 valence electrons. The van der Waals surface area contributed by atoms with Crippen LogP contribution in [-0.4, -0.2) is 25.7 Å². The van der Waals surface area contributed by atoms with Crippen LogP contribution in [0.5, 0.6) is 0 Å². The van der Waals surface area contributed by atoms with Crippen LogP contribution in [0.4, 0.5) is 0 Å². The van der Waals surface area contributed by atoms with E-state index in [2.05, 4.69) is 4.74 Å². The zero-order valence-electron chi connectivity index (χ0n) is 10.7. The molecule has 0 bridgehead atoms. The normalized spacial score (nSPS) is 24.1. The number of hydrogen-bond donors (Lipinski definition) is 0. The number of methoxy groups -OCH3 is 1. The summed E-state index contributed by atoms with van der Waals surface area (Å²) in [6.45, 7) is 2.00. The lowest BCUT2D eigenvalue weighted by Crippen LogP contribution is -2.20. The number of rotatable bonds is 5. The van der Waals surface area contributed by atoms with Crippen LogP contribution in [-0.2, 0) is 19.1 Å². The number of carbonyl (C=O) groups excluding carboxylic acids is 2. The molecule has 0 N–H and O–H groups in total. The number of ether oxygens (including phenoxy) is 2. The quantitative estimate of drug-likeness (QED) is 0.694. The van der Waals surface area contributed by atoms with Crippen molar-refractivity contribution in [2.24, 2.45) is 11.8 Å². The van der Waals surface area contributed by atoms with Crippen molar-refractivity contribution in [1.29, 1.82) is 0 Å². The van der Waals surface area contributed by atoms with Gasteiger partial charge in [0.2, 0.25) is 0 Å². The van der Waals surface area contributed by atoms with Gasteiger partial charge >= 0.3 is 11.9 Å². The van der Waals surface area contributed by atoms with Gasteiger partial charge < -0.3 is 9.47 Å². The average Bonchev–Trinajstić information content (AvgIpc) is 2.34. The minimum Gasteiger partial charge on any atom is -0.469 e. The summed E-state index contributed by atoms with van der Waals surface area (Å²) in [5.41, 5.74) is 0. The van der Waals surface area contributed by atoms with Gasteiger partial charge in [-0.05, 0) is 31.1 Å². The van der Waals surface area contributed by atoms with Gasteiger partial charge in [0.1, 0.15) is 0 Å². The molecule has 0 aromatic rings. The van der Waals surface area contributed by atoms with Crippen LogP contribution in [0.1, 0.15) is 45.4 Å². The number of carbonyl (C=O) groups is 2. The second kappa shape index (κ2) is 7.30. The molecule has 1 aliphatic carbocycles. The van der Waals surface area contributed by atoms with Crippen LogP contribution >= 0.6 is 0 Å². The summed E-state index contributed by atoms with van der Waals surface area (Å²) in [5, 5.41) is 0. The van der Waals surface area contributed by atoms with Gasteiger partial charge in [-0.15, -0.1) is 0 Å². The maximum atomic E-state index is 11.0. The molecule has 17 heavy (non-hydrogen) atoms. The summed E-state index contributed by atoms with van der Waals surface area (Å²) in [6, 6.07) is 0. The van der Waals surface area contributed by atoms with E-state index >= 15 is 0 Å². The van der Waals surface area contributed by atoms with Gasteiger partial charge in [-0.1, -0.05) is 12.8 Å². The molecule has 0 saturated heterocycles. The predicted octanol–water partition coefficient (Wildman–Crippen LogP) is 2.31. The third-order valence-corrected chi connectivity index (χ3v) is 3.47. The standard InChI is InChI=1S/C13H22O4/c1-10(14)17-9-12-5-3-11(4-6-12)7-8-13(15)16-2/h11-12H,3-9H2,1-2H3. The van der Waals surface area contributed by atoms with E-state index in [0.717, 1.165) is 32.1 Å². The fourth-order valence-electron chi connectivity index (χ4n) is 2.35. The van der Waals surface area contributed by atoms with E-state index < -0.39 is 0 Å². The molecule has 1 rings (SSSR count). The monoisotopic (exact) mass is 242 g/mol. The Labute approximate surface area is 103 Å². The topological polar surface area (TPSA) is 52.6 Å². The van der Waals surface area contributed by atoms with E-state index in [1.165, 1.54) is 14.0 Å². The van der Waals surface area contributed by atoms with E-state index in [9.17, 15) is 9.59 Å². The zero-order valence-corrected chi connectivity index (χ0v) is 10.7. The molecule has 1 saturated carbocycles. The Hall–Kier alpha value is -1.06. The van der Waals surface area contributed by atoms with Gasteiger partial charge in [0.05, 0.1) is 13.7 Å². The Kier molecular flexibility index (Phi) is 6.01. The minimum atomic E-state index is -0.196. The smallest absolute Gasteiger partial charge is 0.305 e. The molecule has 0 heterocycles. The molecule has 0 aromatic carbocycles. The second-order valence-corrected chi connectivity index (χ2v) is 4.80. The molecule has 0 unspecified atom stereocenters. The van der Waals surface area contributed by atoms with Gasteiger partial charge in [0, 0.05) is 13.3 Å². The summed E-state index contributed by atoms with van der Waals surface area (Å²) in [5.74, 6) is 0.820.